The van der Waals surface area contributed by atoms with Crippen molar-refractivity contribution in [1.29, 1.82) is 0 Å². The van der Waals surface area contributed by atoms with Crippen molar-refractivity contribution in [2.45, 2.75) is 6.10 Å². The summed E-state index contributed by atoms with van der Waals surface area (Å²) in [6, 6.07) is 11.4. The van der Waals surface area contributed by atoms with Crippen molar-refractivity contribution in [3.63, 3.8) is 0 Å². The lowest BCUT2D eigenvalue weighted by Gasteiger charge is -2.15. The van der Waals surface area contributed by atoms with E-state index in [1.54, 1.807) is 24.4 Å². The van der Waals surface area contributed by atoms with E-state index in [-0.39, 0.29) is 10.0 Å². The third-order valence-corrected chi connectivity index (χ3v) is 4.12. The van der Waals surface area contributed by atoms with Crippen molar-refractivity contribution in [2.24, 2.45) is 0 Å². The van der Waals surface area contributed by atoms with E-state index in [4.69, 9.17) is 0 Å². The first-order valence-electron chi connectivity index (χ1n) is 6.24. The van der Waals surface area contributed by atoms with Crippen LogP contribution in [0.1, 0.15) is 17.2 Å². The molecule has 1 heterocycles. The number of halogens is 3. The van der Waals surface area contributed by atoms with Gasteiger partial charge in [-0.15, -0.1) is 0 Å². The normalized spacial score (nSPS) is 12.6. The number of nitrogens with zero attached hydrogens (tertiary/aromatic N) is 1. The fraction of sp³-hybridized carbons (Fsp3) is 0.0625. The average Bonchev–Trinajstić information content (AvgIpc) is 2.51. The molecule has 106 valence electrons. The summed E-state index contributed by atoms with van der Waals surface area (Å²) in [5.74, 6) is -1.98. The monoisotopic (exact) mass is 349 g/mol. The molecule has 3 aromatic rings. The Morgan fingerprint density at radius 2 is 1.76 bits per heavy atom. The van der Waals surface area contributed by atoms with Crippen molar-refractivity contribution < 1.29 is 13.9 Å². The first-order valence-corrected chi connectivity index (χ1v) is 7.04. The molecule has 0 bridgehead atoms. The molecule has 21 heavy (non-hydrogen) atoms. The molecule has 0 saturated heterocycles. The molecule has 0 aliphatic carbocycles. The van der Waals surface area contributed by atoms with Gasteiger partial charge in [-0.25, -0.2) is 8.78 Å². The summed E-state index contributed by atoms with van der Waals surface area (Å²) in [6.07, 6.45) is 0.520. The first-order chi connectivity index (χ1) is 10.1. The highest BCUT2D eigenvalue weighted by Crippen LogP contribution is 2.33. The largest absolute Gasteiger partial charge is 0.384 e. The SMILES string of the molecule is OC(c1ccc(F)c(F)c1Br)c1cccc2cccnc12. The minimum absolute atomic E-state index is 0.0806. The fourth-order valence-electron chi connectivity index (χ4n) is 2.27. The number of benzene rings is 2. The molecule has 0 fully saturated rings. The quantitative estimate of drug-likeness (QED) is 0.697. The van der Waals surface area contributed by atoms with Crippen LogP contribution in [0.2, 0.25) is 0 Å². The molecule has 3 rings (SSSR count). The molecular formula is C16H10BrF2NO. The highest BCUT2D eigenvalue weighted by molar-refractivity contribution is 9.10. The molecular weight excluding hydrogens is 340 g/mol. The molecule has 0 aliphatic heterocycles. The standard InChI is InChI=1S/C16H10BrF2NO/c17-13-10(6-7-12(18)14(13)19)16(21)11-5-1-3-9-4-2-8-20-15(9)11/h1-8,16,21H. The minimum atomic E-state index is -1.10. The molecule has 0 amide bonds. The second kappa shape index (κ2) is 5.50. The summed E-state index contributed by atoms with van der Waals surface area (Å²) in [5.41, 5.74) is 1.43. The van der Waals surface area contributed by atoms with E-state index in [1.807, 2.05) is 12.1 Å². The average molecular weight is 350 g/mol. The molecule has 2 nitrogen and oxygen atoms in total. The van der Waals surface area contributed by atoms with Gasteiger partial charge in [0, 0.05) is 22.7 Å². The molecule has 5 heteroatoms. The zero-order chi connectivity index (χ0) is 15.0. The number of para-hydroxylation sites is 1. The van der Waals surface area contributed by atoms with Crippen LogP contribution in [0.15, 0.2) is 53.1 Å². The van der Waals surface area contributed by atoms with E-state index < -0.39 is 17.7 Å². The minimum Gasteiger partial charge on any atom is -0.384 e. The van der Waals surface area contributed by atoms with Crippen molar-refractivity contribution >= 4 is 26.8 Å². The van der Waals surface area contributed by atoms with E-state index in [0.717, 1.165) is 11.5 Å². The number of aromatic nitrogens is 1. The predicted molar refractivity (Wildman–Crippen MR) is 79.9 cm³/mol. The van der Waals surface area contributed by atoms with E-state index >= 15 is 0 Å². The van der Waals surface area contributed by atoms with Crippen LogP contribution in [0, 0.1) is 11.6 Å². The van der Waals surface area contributed by atoms with Crippen LogP contribution < -0.4 is 0 Å². The number of fused-ring (bicyclic) bond motifs is 1. The zero-order valence-corrected chi connectivity index (χ0v) is 12.3. The topological polar surface area (TPSA) is 33.1 Å². The lowest BCUT2D eigenvalue weighted by Crippen LogP contribution is -2.04. The number of aliphatic hydroxyl groups excluding tert-OH is 1. The van der Waals surface area contributed by atoms with Gasteiger partial charge < -0.3 is 5.11 Å². The van der Waals surface area contributed by atoms with Crippen LogP contribution in [0.25, 0.3) is 10.9 Å². The zero-order valence-electron chi connectivity index (χ0n) is 10.7. The van der Waals surface area contributed by atoms with Crippen LogP contribution >= 0.6 is 15.9 Å². The fourth-order valence-corrected chi connectivity index (χ4v) is 2.81. The Morgan fingerprint density at radius 1 is 1.00 bits per heavy atom. The molecule has 2 aromatic carbocycles. The molecule has 1 unspecified atom stereocenters. The summed E-state index contributed by atoms with van der Waals surface area (Å²) in [7, 11) is 0. The molecule has 0 spiro atoms. The van der Waals surface area contributed by atoms with Crippen LogP contribution in [0.4, 0.5) is 8.78 Å². The van der Waals surface area contributed by atoms with Gasteiger partial charge in [-0.05, 0) is 28.1 Å². The summed E-state index contributed by atoms with van der Waals surface area (Å²) >= 11 is 3.00. The third kappa shape index (κ3) is 2.43. The van der Waals surface area contributed by atoms with Gasteiger partial charge in [-0.3, -0.25) is 4.98 Å². The smallest absolute Gasteiger partial charge is 0.173 e. The number of hydrogen-bond acceptors (Lipinski definition) is 2. The van der Waals surface area contributed by atoms with E-state index in [0.29, 0.717) is 11.1 Å². The summed E-state index contributed by atoms with van der Waals surface area (Å²) in [5, 5.41) is 11.4. The Labute approximate surface area is 128 Å². The van der Waals surface area contributed by atoms with Gasteiger partial charge >= 0.3 is 0 Å². The summed E-state index contributed by atoms with van der Waals surface area (Å²) in [4.78, 5) is 4.25. The van der Waals surface area contributed by atoms with Crippen LogP contribution in [0.3, 0.4) is 0 Å². The molecule has 0 saturated carbocycles. The lowest BCUT2D eigenvalue weighted by molar-refractivity contribution is 0.220. The number of pyridine rings is 1. The molecule has 0 aliphatic rings. The lowest BCUT2D eigenvalue weighted by atomic mass is 9.98. The predicted octanol–water partition coefficient (Wildman–Crippen LogP) is 4.36. The maximum absolute atomic E-state index is 13.6. The van der Waals surface area contributed by atoms with Gasteiger partial charge in [-0.1, -0.05) is 30.3 Å². The van der Waals surface area contributed by atoms with Crippen LogP contribution in [-0.2, 0) is 0 Å². The Balaban J connectivity index is 2.17. The Morgan fingerprint density at radius 3 is 2.57 bits per heavy atom. The van der Waals surface area contributed by atoms with Gasteiger partial charge in [-0.2, -0.15) is 0 Å². The second-order valence-corrected chi connectivity index (χ2v) is 5.38. The van der Waals surface area contributed by atoms with Crippen molar-refractivity contribution in [3.05, 3.63) is 75.9 Å². The van der Waals surface area contributed by atoms with Gasteiger partial charge in [0.15, 0.2) is 11.6 Å². The van der Waals surface area contributed by atoms with Gasteiger partial charge in [0.1, 0.15) is 6.10 Å². The first kappa shape index (κ1) is 14.1. The second-order valence-electron chi connectivity index (χ2n) is 4.59. The van der Waals surface area contributed by atoms with Crippen molar-refractivity contribution in [2.75, 3.05) is 0 Å². The Bertz CT molecular complexity index is 817. The maximum atomic E-state index is 13.6. The van der Waals surface area contributed by atoms with Crippen LogP contribution in [0.5, 0.6) is 0 Å². The summed E-state index contributed by atoms with van der Waals surface area (Å²) < 4.78 is 26.7. The molecule has 1 N–H and O–H groups in total. The van der Waals surface area contributed by atoms with Gasteiger partial charge in [0.2, 0.25) is 0 Å². The Hall–Kier alpha value is -1.85. The summed E-state index contributed by atoms with van der Waals surface area (Å²) in [6.45, 7) is 0. The highest BCUT2D eigenvalue weighted by atomic mass is 79.9. The van der Waals surface area contributed by atoms with E-state index in [1.165, 1.54) is 6.07 Å². The van der Waals surface area contributed by atoms with Crippen LogP contribution in [-0.4, -0.2) is 10.1 Å². The number of hydrogen-bond donors (Lipinski definition) is 1. The maximum Gasteiger partial charge on any atom is 0.173 e. The van der Waals surface area contributed by atoms with E-state index in [2.05, 4.69) is 20.9 Å². The van der Waals surface area contributed by atoms with Gasteiger partial charge in [0.05, 0.1) is 9.99 Å². The molecule has 1 atom stereocenters. The van der Waals surface area contributed by atoms with Crippen molar-refractivity contribution in [3.8, 4) is 0 Å². The molecule has 0 radical (unpaired) electrons. The van der Waals surface area contributed by atoms with Gasteiger partial charge in [0.25, 0.3) is 0 Å². The Kier molecular flexibility index (Phi) is 3.69. The number of rotatable bonds is 2. The highest BCUT2D eigenvalue weighted by Gasteiger charge is 2.20. The molecule has 1 aromatic heterocycles. The van der Waals surface area contributed by atoms with E-state index in [9.17, 15) is 13.9 Å². The number of aliphatic hydroxyl groups is 1. The third-order valence-electron chi connectivity index (χ3n) is 3.32. The van der Waals surface area contributed by atoms with Crippen molar-refractivity contribution in [1.82, 2.24) is 4.98 Å².